The number of halogens is 3. The molecule has 2 rings (SSSR count). The molecule has 21 heavy (non-hydrogen) atoms. The van der Waals surface area contributed by atoms with Gasteiger partial charge in [0, 0.05) is 29.3 Å². The van der Waals surface area contributed by atoms with Gasteiger partial charge in [0.2, 0.25) is 10.0 Å². The van der Waals surface area contributed by atoms with Gasteiger partial charge in [-0.3, -0.25) is 0 Å². The molecule has 8 heteroatoms. The Labute approximate surface area is 141 Å². The van der Waals surface area contributed by atoms with E-state index in [0.29, 0.717) is 9.50 Å². The number of hydrogen-bond acceptors (Lipinski definition) is 3. The van der Waals surface area contributed by atoms with Gasteiger partial charge in [0.25, 0.3) is 0 Å². The van der Waals surface area contributed by atoms with E-state index in [9.17, 15) is 8.42 Å². The van der Waals surface area contributed by atoms with Crippen molar-refractivity contribution >= 4 is 49.2 Å². The van der Waals surface area contributed by atoms with Crippen LogP contribution in [0, 0.1) is 0 Å². The highest BCUT2D eigenvalue weighted by atomic mass is 79.9. The fourth-order valence-electron chi connectivity index (χ4n) is 1.73. The molecule has 0 radical (unpaired) electrons. The zero-order chi connectivity index (χ0) is 15.6. The van der Waals surface area contributed by atoms with Crippen molar-refractivity contribution in [2.24, 2.45) is 0 Å². The first-order valence-corrected chi connectivity index (χ1v) is 8.81. The lowest BCUT2D eigenvalue weighted by atomic mass is 10.2. The van der Waals surface area contributed by atoms with Crippen molar-refractivity contribution in [1.29, 1.82) is 0 Å². The fourth-order valence-corrected chi connectivity index (χ4v) is 4.02. The second kappa shape index (κ2) is 6.62. The standard InChI is InChI=1S/C13H11BrCl2N2O2S/c1-18(8-9-3-2-4-11(15)5-9)21(19,20)12-6-10(14)7-17-13(12)16/h2-7H,8H2,1H3. The third-order valence-corrected chi connectivity index (χ3v) is 5.65. The molecule has 4 nitrogen and oxygen atoms in total. The van der Waals surface area contributed by atoms with Gasteiger partial charge in [-0.15, -0.1) is 0 Å². The van der Waals surface area contributed by atoms with Crippen molar-refractivity contribution in [3.05, 3.63) is 56.7 Å². The average Bonchev–Trinajstić information content (AvgIpc) is 2.41. The van der Waals surface area contributed by atoms with Crippen molar-refractivity contribution in [2.45, 2.75) is 11.4 Å². The molecule has 1 aromatic carbocycles. The molecule has 0 saturated heterocycles. The van der Waals surface area contributed by atoms with Crippen LogP contribution in [0.1, 0.15) is 5.56 Å². The molecule has 0 N–H and O–H groups in total. The van der Waals surface area contributed by atoms with Crippen LogP contribution >= 0.6 is 39.1 Å². The van der Waals surface area contributed by atoms with Gasteiger partial charge in [0.15, 0.2) is 0 Å². The lowest BCUT2D eigenvalue weighted by Gasteiger charge is -2.18. The van der Waals surface area contributed by atoms with Crippen LogP contribution in [0.3, 0.4) is 0 Å². The molecule has 0 fully saturated rings. The number of benzene rings is 1. The largest absolute Gasteiger partial charge is 0.246 e. The monoisotopic (exact) mass is 408 g/mol. The van der Waals surface area contributed by atoms with Crippen molar-refractivity contribution in [3.8, 4) is 0 Å². The summed E-state index contributed by atoms with van der Waals surface area (Å²) in [5.41, 5.74) is 0.785. The summed E-state index contributed by atoms with van der Waals surface area (Å²) in [5.74, 6) is 0. The van der Waals surface area contributed by atoms with Crippen LogP contribution in [0.5, 0.6) is 0 Å². The molecule has 0 spiro atoms. The van der Waals surface area contributed by atoms with Crippen LogP contribution in [-0.2, 0) is 16.6 Å². The Morgan fingerprint density at radius 2 is 2.00 bits per heavy atom. The summed E-state index contributed by atoms with van der Waals surface area (Å²) in [7, 11) is -2.26. The summed E-state index contributed by atoms with van der Waals surface area (Å²) < 4.78 is 26.8. The van der Waals surface area contributed by atoms with Gasteiger partial charge in [-0.1, -0.05) is 35.3 Å². The van der Waals surface area contributed by atoms with Crippen LogP contribution in [0.25, 0.3) is 0 Å². The average molecular weight is 410 g/mol. The van der Waals surface area contributed by atoms with E-state index in [1.54, 1.807) is 24.3 Å². The van der Waals surface area contributed by atoms with Crippen molar-refractivity contribution < 1.29 is 8.42 Å². The quantitative estimate of drug-likeness (QED) is 0.717. The topological polar surface area (TPSA) is 50.3 Å². The van der Waals surface area contributed by atoms with Gasteiger partial charge in [0.1, 0.15) is 10.0 Å². The first-order chi connectivity index (χ1) is 9.80. The normalized spacial score (nSPS) is 11.9. The maximum absolute atomic E-state index is 12.5. The summed E-state index contributed by atoms with van der Waals surface area (Å²) in [6.45, 7) is 0.186. The fraction of sp³-hybridized carbons (Fsp3) is 0.154. The Hall–Kier alpha value is -0.660. The van der Waals surface area contributed by atoms with E-state index in [-0.39, 0.29) is 16.6 Å². The lowest BCUT2D eigenvalue weighted by Crippen LogP contribution is -2.27. The smallest absolute Gasteiger partial charge is 0.242 e. The highest BCUT2D eigenvalue weighted by Crippen LogP contribution is 2.26. The van der Waals surface area contributed by atoms with Crippen LogP contribution < -0.4 is 0 Å². The molecule has 0 bridgehead atoms. The molecule has 0 saturated carbocycles. The summed E-state index contributed by atoms with van der Waals surface area (Å²) in [4.78, 5) is 3.80. The van der Waals surface area contributed by atoms with E-state index in [1.165, 1.54) is 23.6 Å². The van der Waals surface area contributed by atoms with Crippen LogP contribution in [0.2, 0.25) is 10.2 Å². The SMILES string of the molecule is CN(Cc1cccc(Cl)c1)S(=O)(=O)c1cc(Br)cnc1Cl. The molecule has 0 atom stereocenters. The molecular weight excluding hydrogens is 399 g/mol. The van der Waals surface area contributed by atoms with Gasteiger partial charge in [-0.2, -0.15) is 4.31 Å². The maximum atomic E-state index is 12.5. The Morgan fingerprint density at radius 3 is 2.67 bits per heavy atom. The number of pyridine rings is 1. The van der Waals surface area contributed by atoms with Gasteiger partial charge < -0.3 is 0 Å². The Morgan fingerprint density at radius 1 is 1.29 bits per heavy atom. The minimum absolute atomic E-state index is 0.0388. The number of nitrogens with zero attached hydrogens (tertiary/aromatic N) is 2. The van der Waals surface area contributed by atoms with Gasteiger partial charge >= 0.3 is 0 Å². The van der Waals surface area contributed by atoms with E-state index in [1.807, 2.05) is 0 Å². The molecule has 0 amide bonds. The van der Waals surface area contributed by atoms with Gasteiger partial charge in [-0.05, 0) is 39.7 Å². The maximum Gasteiger partial charge on any atom is 0.246 e. The third kappa shape index (κ3) is 3.96. The van der Waals surface area contributed by atoms with E-state index in [2.05, 4.69) is 20.9 Å². The molecule has 1 heterocycles. The molecular formula is C13H11BrCl2N2O2S. The number of hydrogen-bond donors (Lipinski definition) is 0. The van der Waals surface area contributed by atoms with Gasteiger partial charge in [0.05, 0.1) is 0 Å². The van der Waals surface area contributed by atoms with Crippen LogP contribution in [0.15, 0.2) is 45.9 Å². The number of rotatable bonds is 4. The molecule has 0 unspecified atom stereocenters. The minimum atomic E-state index is -3.74. The summed E-state index contributed by atoms with van der Waals surface area (Å²) in [6, 6.07) is 8.45. The summed E-state index contributed by atoms with van der Waals surface area (Å²) in [5, 5.41) is 0.497. The molecule has 2 aromatic rings. The van der Waals surface area contributed by atoms with Crippen molar-refractivity contribution in [1.82, 2.24) is 9.29 Å². The van der Waals surface area contributed by atoms with Crippen molar-refractivity contribution in [3.63, 3.8) is 0 Å². The number of aromatic nitrogens is 1. The molecule has 112 valence electrons. The van der Waals surface area contributed by atoms with Crippen LogP contribution in [0.4, 0.5) is 0 Å². The Bertz CT molecular complexity index is 769. The van der Waals surface area contributed by atoms with E-state index < -0.39 is 10.0 Å². The molecule has 1 aromatic heterocycles. The summed E-state index contributed by atoms with van der Waals surface area (Å²) in [6.07, 6.45) is 1.44. The zero-order valence-corrected chi connectivity index (χ0v) is 14.8. The lowest BCUT2D eigenvalue weighted by molar-refractivity contribution is 0.466. The summed E-state index contributed by atoms with van der Waals surface area (Å²) >= 11 is 15.0. The van der Waals surface area contributed by atoms with E-state index >= 15 is 0 Å². The van der Waals surface area contributed by atoms with Crippen molar-refractivity contribution in [2.75, 3.05) is 7.05 Å². The Kier molecular flexibility index (Phi) is 5.27. The molecule has 0 aliphatic carbocycles. The third-order valence-electron chi connectivity index (χ3n) is 2.76. The van der Waals surface area contributed by atoms with E-state index in [4.69, 9.17) is 23.2 Å². The van der Waals surface area contributed by atoms with Crippen LogP contribution in [-0.4, -0.2) is 24.8 Å². The minimum Gasteiger partial charge on any atom is -0.242 e. The second-order valence-electron chi connectivity index (χ2n) is 4.33. The molecule has 0 aliphatic heterocycles. The number of sulfonamides is 1. The van der Waals surface area contributed by atoms with Gasteiger partial charge in [-0.25, -0.2) is 13.4 Å². The second-order valence-corrected chi connectivity index (χ2v) is 8.06. The van der Waals surface area contributed by atoms with E-state index in [0.717, 1.165) is 5.56 Å². The predicted octanol–water partition coefficient (Wildman–Crippen LogP) is 3.97. The zero-order valence-electron chi connectivity index (χ0n) is 10.9. The highest BCUT2D eigenvalue weighted by Gasteiger charge is 2.24. The first-order valence-electron chi connectivity index (χ1n) is 5.82. The molecule has 0 aliphatic rings. The highest BCUT2D eigenvalue weighted by molar-refractivity contribution is 9.10. The predicted molar refractivity (Wildman–Crippen MR) is 87.1 cm³/mol. The first kappa shape index (κ1) is 16.7. The Balaban J connectivity index is 2.33.